The van der Waals surface area contributed by atoms with Gasteiger partial charge >= 0.3 is 0 Å². The highest BCUT2D eigenvalue weighted by molar-refractivity contribution is 9.10. The molecule has 0 aliphatic heterocycles. The summed E-state index contributed by atoms with van der Waals surface area (Å²) in [5, 5.41) is 10.1. The van der Waals surface area contributed by atoms with Crippen LogP contribution in [0.2, 0.25) is 0 Å². The van der Waals surface area contributed by atoms with Crippen LogP contribution in [0.5, 0.6) is 0 Å². The summed E-state index contributed by atoms with van der Waals surface area (Å²) in [6, 6.07) is 9.13. The topological polar surface area (TPSA) is 59.1 Å². The van der Waals surface area contributed by atoms with Crippen LogP contribution in [-0.2, 0) is 0 Å². The van der Waals surface area contributed by atoms with Crippen LogP contribution in [0.1, 0.15) is 17.2 Å². The van der Waals surface area contributed by atoms with E-state index in [9.17, 15) is 5.11 Å². The summed E-state index contributed by atoms with van der Waals surface area (Å²) >= 11 is 3.35. The van der Waals surface area contributed by atoms with E-state index in [0.29, 0.717) is 11.3 Å². The maximum absolute atomic E-state index is 10.1. The molecule has 0 fully saturated rings. The number of hydrogen-bond donors (Lipinski definition) is 2. The molecule has 16 heavy (non-hydrogen) atoms. The normalized spacial score (nSPS) is 12.4. The second-order valence-corrected chi connectivity index (χ2v) is 4.37. The lowest BCUT2D eigenvalue weighted by Gasteiger charge is -2.13. The van der Waals surface area contributed by atoms with Crippen LogP contribution in [0.25, 0.3) is 0 Å². The Labute approximate surface area is 102 Å². The molecular formula is C12H11BrN2O. The molecule has 0 amide bonds. The van der Waals surface area contributed by atoms with Crippen molar-refractivity contribution >= 4 is 21.6 Å². The van der Waals surface area contributed by atoms with Crippen LogP contribution in [-0.4, -0.2) is 10.1 Å². The van der Waals surface area contributed by atoms with E-state index in [1.807, 2.05) is 24.3 Å². The van der Waals surface area contributed by atoms with Crippen LogP contribution in [0.3, 0.4) is 0 Å². The van der Waals surface area contributed by atoms with Gasteiger partial charge in [-0.3, -0.25) is 4.98 Å². The van der Waals surface area contributed by atoms with E-state index in [4.69, 9.17) is 5.73 Å². The molecule has 0 bridgehead atoms. The molecule has 4 heteroatoms. The zero-order chi connectivity index (χ0) is 11.5. The van der Waals surface area contributed by atoms with Gasteiger partial charge in [-0.25, -0.2) is 0 Å². The molecule has 1 aromatic heterocycles. The van der Waals surface area contributed by atoms with Crippen LogP contribution >= 0.6 is 15.9 Å². The van der Waals surface area contributed by atoms with Crippen LogP contribution in [0, 0.1) is 0 Å². The second kappa shape index (κ2) is 4.63. The maximum Gasteiger partial charge on any atom is 0.108 e. The van der Waals surface area contributed by atoms with Crippen molar-refractivity contribution in [3.8, 4) is 0 Å². The highest BCUT2D eigenvalue weighted by atomic mass is 79.9. The molecule has 82 valence electrons. The SMILES string of the molecule is Nc1ccncc1C(O)c1ccc(Br)cc1. The van der Waals surface area contributed by atoms with Gasteiger partial charge in [0.1, 0.15) is 6.10 Å². The zero-order valence-corrected chi connectivity index (χ0v) is 10.1. The fourth-order valence-corrected chi connectivity index (χ4v) is 1.73. The van der Waals surface area contributed by atoms with Crippen molar-refractivity contribution in [3.05, 3.63) is 58.3 Å². The number of halogens is 1. The van der Waals surface area contributed by atoms with Gasteiger partial charge < -0.3 is 10.8 Å². The van der Waals surface area contributed by atoms with Crippen molar-refractivity contribution in [2.45, 2.75) is 6.10 Å². The Morgan fingerprint density at radius 2 is 1.88 bits per heavy atom. The Morgan fingerprint density at radius 1 is 1.19 bits per heavy atom. The highest BCUT2D eigenvalue weighted by Crippen LogP contribution is 2.26. The highest BCUT2D eigenvalue weighted by Gasteiger charge is 2.12. The van der Waals surface area contributed by atoms with E-state index >= 15 is 0 Å². The summed E-state index contributed by atoms with van der Waals surface area (Å²) in [6.07, 6.45) is 2.46. The quantitative estimate of drug-likeness (QED) is 0.888. The van der Waals surface area contributed by atoms with E-state index in [2.05, 4.69) is 20.9 Å². The largest absolute Gasteiger partial charge is 0.398 e. The minimum absolute atomic E-state index is 0.547. The number of anilines is 1. The van der Waals surface area contributed by atoms with E-state index in [-0.39, 0.29) is 0 Å². The predicted molar refractivity (Wildman–Crippen MR) is 66.9 cm³/mol. The molecule has 2 rings (SSSR count). The van der Waals surface area contributed by atoms with Crippen LogP contribution in [0.15, 0.2) is 47.2 Å². The molecule has 2 aromatic rings. The molecule has 0 radical (unpaired) electrons. The van der Waals surface area contributed by atoms with E-state index < -0.39 is 6.10 Å². The first-order chi connectivity index (χ1) is 7.68. The summed E-state index contributed by atoms with van der Waals surface area (Å²) in [5.74, 6) is 0. The first kappa shape index (κ1) is 11.1. The van der Waals surface area contributed by atoms with Gasteiger partial charge in [0, 0.05) is 28.1 Å². The second-order valence-electron chi connectivity index (χ2n) is 3.46. The minimum atomic E-state index is -0.734. The minimum Gasteiger partial charge on any atom is -0.398 e. The van der Waals surface area contributed by atoms with Gasteiger partial charge in [-0.05, 0) is 23.8 Å². The molecule has 0 aliphatic rings. The molecule has 1 aromatic carbocycles. The molecule has 0 spiro atoms. The van der Waals surface area contributed by atoms with Crippen molar-refractivity contribution in [2.24, 2.45) is 0 Å². The number of aliphatic hydroxyl groups is 1. The Morgan fingerprint density at radius 3 is 2.50 bits per heavy atom. The van der Waals surface area contributed by atoms with Gasteiger partial charge in [0.25, 0.3) is 0 Å². The standard InChI is InChI=1S/C12H11BrN2O/c13-9-3-1-8(2-4-9)12(16)10-7-15-6-5-11(10)14/h1-7,12,16H,(H2,14,15). The molecule has 1 heterocycles. The lowest BCUT2D eigenvalue weighted by atomic mass is 10.0. The average molecular weight is 279 g/mol. The number of nitrogens with two attached hydrogens (primary N) is 1. The fourth-order valence-electron chi connectivity index (χ4n) is 1.47. The third kappa shape index (κ3) is 2.23. The summed E-state index contributed by atoms with van der Waals surface area (Å²) in [4.78, 5) is 3.96. The first-order valence-electron chi connectivity index (χ1n) is 4.81. The van der Waals surface area contributed by atoms with E-state index in [1.165, 1.54) is 0 Å². The number of benzene rings is 1. The first-order valence-corrected chi connectivity index (χ1v) is 5.60. The lowest BCUT2D eigenvalue weighted by molar-refractivity contribution is 0.220. The lowest BCUT2D eigenvalue weighted by Crippen LogP contribution is -2.04. The van der Waals surface area contributed by atoms with Crippen molar-refractivity contribution in [1.29, 1.82) is 0 Å². The number of rotatable bonds is 2. The molecule has 1 atom stereocenters. The molecule has 1 unspecified atom stereocenters. The smallest absolute Gasteiger partial charge is 0.108 e. The van der Waals surface area contributed by atoms with Crippen molar-refractivity contribution in [1.82, 2.24) is 4.98 Å². The van der Waals surface area contributed by atoms with Crippen LogP contribution < -0.4 is 5.73 Å². The van der Waals surface area contributed by atoms with Crippen LogP contribution in [0.4, 0.5) is 5.69 Å². The number of hydrogen-bond acceptors (Lipinski definition) is 3. The molecule has 3 nitrogen and oxygen atoms in total. The Kier molecular flexibility index (Phi) is 3.22. The Bertz CT molecular complexity index is 485. The third-order valence-electron chi connectivity index (χ3n) is 2.37. The zero-order valence-electron chi connectivity index (χ0n) is 8.47. The monoisotopic (exact) mass is 278 g/mol. The van der Waals surface area contributed by atoms with Gasteiger partial charge in [-0.15, -0.1) is 0 Å². The molecule has 0 saturated carbocycles. The van der Waals surface area contributed by atoms with Crippen molar-refractivity contribution in [2.75, 3.05) is 5.73 Å². The molecule has 0 saturated heterocycles. The van der Waals surface area contributed by atoms with E-state index in [1.54, 1.807) is 18.5 Å². The Balaban J connectivity index is 2.35. The Hall–Kier alpha value is -1.39. The predicted octanol–water partition coefficient (Wildman–Crippen LogP) is 2.51. The number of aromatic nitrogens is 1. The summed E-state index contributed by atoms with van der Waals surface area (Å²) in [5.41, 5.74) is 7.75. The number of aliphatic hydroxyl groups excluding tert-OH is 1. The number of pyridine rings is 1. The number of nitrogens with zero attached hydrogens (tertiary/aromatic N) is 1. The van der Waals surface area contributed by atoms with Gasteiger partial charge in [0.2, 0.25) is 0 Å². The van der Waals surface area contributed by atoms with Gasteiger partial charge in [0.05, 0.1) is 0 Å². The molecular weight excluding hydrogens is 268 g/mol. The van der Waals surface area contributed by atoms with E-state index in [0.717, 1.165) is 10.0 Å². The summed E-state index contributed by atoms with van der Waals surface area (Å²) in [7, 11) is 0. The average Bonchev–Trinajstić information content (AvgIpc) is 2.30. The van der Waals surface area contributed by atoms with Gasteiger partial charge in [0.15, 0.2) is 0 Å². The number of nitrogen functional groups attached to an aromatic ring is 1. The third-order valence-corrected chi connectivity index (χ3v) is 2.90. The fraction of sp³-hybridized carbons (Fsp3) is 0.0833. The van der Waals surface area contributed by atoms with Gasteiger partial charge in [-0.2, -0.15) is 0 Å². The summed E-state index contributed by atoms with van der Waals surface area (Å²) in [6.45, 7) is 0. The molecule has 3 N–H and O–H groups in total. The van der Waals surface area contributed by atoms with Crippen molar-refractivity contribution < 1.29 is 5.11 Å². The van der Waals surface area contributed by atoms with Crippen molar-refractivity contribution in [3.63, 3.8) is 0 Å². The van der Waals surface area contributed by atoms with Gasteiger partial charge in [-0.1, -0.05) is 28.1 Å². The maximum atomic E-state index is 10.1. The molecule has 0 aliphatic carbocycles. The summed E-state index contributed by atoms with van der Waals surface area (Å²) < 4.78 is 0.975.